The monoisotopic (exact) mass is 533 g/mol. The van der Waals surface area contributed by atoms with Gasteiger partial charge < -0.3 is 9.30 Å². The number of nitriles is 1. The standard InChI is InChI=1S/C29H22F3N3O2S/c1-19-14-27(29(30,31)32)34-28(24(19)17-33)38-18-22-15-20(9-11-26(22)37-2)8-10-25(36)21-6-5-7-23(16-21)35-12-3-4-13-35/h3-16H,18H2,1-2H3/b10-8+. The number of methoxy groups -OCH3 is 1. The Labute approximate surface area is 222 Å². The molecule has 38 heavy (non-hydrogen) atoms. The Bertz CT molecular complexity index is 1540. The highest BCUT2D eigenvalue weighted by Crippen LogP contribution is 2.35. The number of aromatic nitrogens is 2. The second-order valence-corrected chi connectivity index (χ2v) is 9.28. The Balaban J connectivity index is 1.55. The summed E-state index contributed by atoms with van der Waals surface area (Å²) < 4.78 is 47.1. The number of thioether (sulfide) groups is 1. The van der Waals surface area contributed by atoms with Crippen LogP contribution in [0.3, 0.4) is 0 Å². The van der Waals surface area contributed by atoms with E-state index < -0.39 is 11.9 Å². The van der Waals surface area contributed by atoms with E-state index in [-0.39, 0.29) is 27.7 Å². The lowest BCUT2D eigenvalue weighted by molar-refractivity contribution is -0.141. The van der Waals surface area contributed by atoms with E-state index in [1.165, 1.54) is 20.1 Å². The first-order valence-electron chi connectivity index (χ1n) is 11.4. The molecule has 192 valence electrons. The minimum absolute atomic E-state index is 0.000532. The Morgan fingerprint density at radius 3 is 2.58 bits per heavy atom. The summed E-state index contributed by atoms with van der Waals surface area (Å²) in [6, 6.07) is 19.2. The maximum Gasteiger partial charge on any atom is 0.433 e. The molecule has 0 spiro atoms. The first-order chi connectivity index (χ1) is 18.2. The van der Waals surface area contributed by atoms with Crippen LogP contribution >= 0.6 is 11.8 Å². The van der Waals surface area contributed by atoms with E-state index in [1.54, 1.807) is 36.4 Å². The molecule has 0 N–H and O–H groups in total. The average Bonchev–Trinajstić information content (AvgIpc) is 3.45. The maximum absolute atomic E-state index is 13.3. The number of pyridine rings is 1. The van der Waals surface area contributed by atoms with Crippen molar-refractivity contribution in [3.8, 4) is 17.5 Å². The molecule has 4 rings (SSSR count). The van der Waals surface area contributed by atoms with Crippen LogP contribution in [0.25, 0.3) is 11.8 Å². The van der Waals surface area contributed by atoms with Gasteiger partial charge in [-0.2, -0.15) is 18.4 Å². The molecule has 0 unspecified atom stereocenters. The Morgan fingerprint density at radius 2 is 1.89 bits per heavy atom. The van der Waals surface area contributed by atoms with E-state index in [1.807, 2.05) is 47.3 Å². The highest BCUT2D eigenvalue weighted by Gasteiger charge is 2.34. The normalized spacial score (nSPS) is 11.5. The molecule has 0 saturated carbocycles. The molecular formula is C29H22F3N3O2S. The number of nitrogens with zero attached hydrogens (tertiary/aromatic N) is 3. The van der Waals surface area contributed by atoms with Gasteiger partial charge >= 0.3 is 6.18 Å². The highest BCUT2D eigenvalue weighted by atomic mass is 32.2. The van der Waals surface area contributed by atoms with E-state index in [4.69, 9.17) is 4.74 Å². The average molecular weight is 534 g/mol. The third-order valence-corrected chi connectivity index (χ3v) is 6.74. The zero-order chi connectivity index (χ0) is 27.3. The van der Waals surface area contributed by atoms with Gasteiger partial charge in [-0.25, -0.2) is 4.98 Å². The van der Waals surface area contributed by atoms with Crippen LogP contribution in [0.5, 0.6) is 5.75 Å². The van der Waals surface area contributed by atoms with Gasteiger partial charge in [0, 0.05) is 35.0 Å². The summed E-state index contributed by atoms with van der Waals surface area (Å²) in [5, 5.41) is 9.47. The summed E-state index contributed by atoms with van der Waals surface area (Å²) in [5.74, 6) is 0.566. The first kappa shape index (κ1) is 26.8. The molecule has 0 aliphatic carbocycles. The van der Waals surface area contributed by atoms with Gasteiger partial charge in [-0.05, 0) is 66.6 Å². The fourth-order valence-corrected chi connectivity index (χ4v) is 4.82. The zero-order valence-electron chi connectivity index (χ0n) is 20.5. The lowest BCUT2D eigenvalue weighted by Gasteiger charge is -2.13. The minimum atomic E-state index is -4.62. The quantitative estimate of drug-likeness (QED) is 0.135. The summed E-state index contributed by atoms with van der Waals surface area (Å²) in [6.45, 7) is 1.46. The van der Waals surface area contributed by atoms with Crippen LogP contribution in [0.2, 0.25) is 0 Å². The largest absolute Gasteiger partial charge is 0.496 e. The first-order valence-corrected chi connectivity index (χ1v) is 12.4. The van der Waals surface area contributed by atoms with Crippen molar-refractivity contribution < 1.29 is 22.7 Å². The number of ketones is 1. The minimum Gasteiger partial charge on any atom is -0.496 e. The lowest BCUT2D eigenvalue weighted by atomic mass is 10.1. The third-order valence-electron chi connectivity index (χ3n) is 5.71. The summed E-state index contributed by atoms with van der Waals surface area (Å²) in [5.41, 5.74) is 2.07. The van der Waals surface area contributed by atoms with Gasteiger partial charge in [-0.1, -0.05) is 24.3 Å². The number of carbonyl (C=O) groups excluding carboxylic acids is 1. The van der Waals surface area contributed by atoms with Gasteiger partial charge in [0.15, 0.2) is 5.78 Å². The van der Waals surface area contributed by atoms with Crippen molar-refractivity contribution in [3.63, 3.8) is 0 Å². The van der Waals surface area contributed by atoms with E-state index >= 15 is 0 Å². The number of rotatable bonds is 8. The van der Waals surface area contributed by atoms with Gasteiger partial charge in [0.1, 0.15) is 22.5 Å². The highest BCUT2D eigenvalue weighted by molar-refractivity contribution is 7.98. The number of benzene rings is 2. The molecule has 2 aromatic carbocycles. The fraction of sp³-hybridized carbons (Fsp3) is 0.138. The molecule has 2 heterocycles. The van der Waals surface area contributed by atoms with Crippen LogP contribution in [0.1, 0.15) is 38.3 Å². The number of alkyl halides is 3. The molecule has 0 aliphatic rings. The van der Waals surface area contributed by atoms with Gasteiger partial charge in [0.05, 0.1) is 12.7 Å². The maximum atomic E-state index is 13.3. The van der Waals surface area contributed by atoms with Gasteiger partial charge in [0.2, 0.25) is 0 Å². The number of hydrogen-bond donors (Lipinski definition) is 0. The van der Waals surface area contributed by atoms with Crippen LogP contribution in [0.15, 0.2) is 84.2 Å². The van der Waals surface area contributed by atoms with Gasteiger partial charge in [-0.3, -0.25) is 4.79 Å². The van der Waals surface area contributed by atoms with Crippen LogP contribution < -0.4 is 4.74 Å². The van der Waals surface area contributed by atoms with Gasteiger partial charge in [0.25, 0.3) is 0 Å². The van der Waals surface area contributed by atoms with E-state index in [9.17, 15) is 23.2 Å². The summed E-state index contributed by atoms with van der Waals surface area (Å²) >= 11 is 1.02. The summed E-state index contributed by atoms with van der Waals surface area (Å²) in [6.07, 6.45) is 2.31. The number of halogens is 3. The van der Waals surface area contributed by atoms with Crippen LogP contribution in [-0.4, -0.2) is 22.4 Å². The Kier molecular flexibility index (Phi) is 8.03. The number of ether oxygens (including phenoxy) is 1. The van der Waals surface area contributed by atoms with E-state index in [2.05, 4.69) is 4.98 Å². The second kappa shape index (κ2) is 11.4. The van der Waals surface area contributed by atoms with Crippen LogP contribution in [0, 0.1) is 18.3 Å². The topological polar surface area (TPSA) is 67.9 Å². The van der Waals surface area contributed by atoms with Crippen molar-refractivity contribution in [2.24, 2.45) is 0 Å². The van der Waals surface area contributed by atoms with E-state index in [0.717, 1.165) is 23.5 Å². The molecular weight excluding hydrogens is 511 g/mol. The second-order valence-electron chi connectivity index (χ2n) is 8.31. The van der Waals surface area contributed by atoms with Crippen LogP contribution in [-0.2, 0) is 11.9 Å². The molecule has 0 bridgehead atoms. The molecule has 0 saturated heterocycles. The Morgan fingerprint density at radius 1 is 1.13 bits per heavy atom. The number of hydrogen-bond acceptors (Lipinski definition) is 5. The van der Waals surface area contributed by atoms with Crippen LogP contribution in [0.4, 0.5) is 13.2 Å². The number of aryl methyl sites for hydroxylation is 1. The molecule has 0 atom stereocenters. The lowest BCUT2D eigenvalue weighted by Crippen LogP contribution is -2.10. The van der Waals surface area contributed by atoms with E-state index in [0.29, 0.717) is 22.4 Å². The molecule has 5 nitrogen and oxygen atoms in total. The number of carbonyl (C=O) groups is 1. The predicted molar refractivity (Wildman–Crippen MR) is 140 cm³/mol. The number of allylic oxidation sites excluding steroid dienone is 1. The zero-order valence-corrected chi connectivity index (χ0v) is 21.3. The molecule has 0 radical (unpaired) electrons. The third kappa shape index (κ3) is 6.15. The Hall–Kier alpha value is -4.29. The molecule has 0 amide bonds. The molecule has 0 fully saturated rings. The van der Waals surface area contributed by atoms with Crippen molar-refractivity contribution in [1.29, 1.82) is 5.26 Å². The molecule has 2 aromatic heterocycles. The van der Waals surface area contributed by atoms with Gasteiger partial charge in [-0.15, -0.1) is 11.8 Å². The van der Waals surface area contributed by atoms with Crippen molar-refractivity contribution in [1.82, 2.24) is 9.55 Å². The SMILES string of the molecule is COc1ccc(/C=C/C(=O)c2cccc(-n3cccc3)c2)cc1CSc1nc(C(F)(F)F)cc(C)c1C#N. The smallest absolute Gasteiger partial charge is 0.433 e. The van der Waals surface area contributed by atoms with Crippen molar-refractivity contribution in [3.05, 3.63) is 113 Å². The summed E-state index contributed by atoms with van der Waals surface area (Å²) in [4.78, 5) is 16.5. The predicted octanol–water partition coefficient (Wildman–Crippen LogP) is 7.27. The summed E-state index contributed by atoms with van der Waals surface area (Å²) in [7, 11) is 1.49. The molecule has 9 heteroatoms. The molecule has 0 aliphatic heterocycles. The van der Waals surface area contributed by atoms with Crippen molar-refractivity contribution in [2.45, 2.75) is 23.9 Å². The fourth-order valence-electron chi connectivity index (χ4n) is 3.78. The molecule has 4 aromatic rings. The van der Waals surface area contributed by atoms with Crippen molar-refractivity contribution in [2.75, 3.05) is 7.11 Å². The van der Waals surface area contributed by atoms with Crippen molar-refractivity contribution >= 4 is 23.6 Å².